The van der Waals surface area contributed by atoms with Gasteiger partial charge in [0, 0.05) is 6.42 Å². The fraction of sp³-hybridized carbons (Fsp3) is 0.294. The van der Waals surface area contributed by atoms with E-state index >= 15 is 0 Å². The minimum atomic E-state index is 0.339. The van der Waals surface area contributed by atoms with Gasteiger partial charge < -0.3 is 10.2 Å². The van der Waals surface area contributed by atoms with Crippen molar-refractivity contribution in [2.45, 2.75) is 33.1 Å². The van der Waals surface area contributed by atoms with Gasteiger partial charge in [-0.05, 0) is 41.2 Å². The van der Waals surface area contributed by atoms with E-state index in [1.54, 1.807) is 6.07 Å². The largest absolute Gasteiger partial charge is 0.508 e. The van der Waals surface area contributed by atoms with Gasteiger partial charge in [0.25, 0.3) is 0 Å². The molecule has 2 N–H and O–H groups in total. The lowest BCUT2D eigenvalue weighted by atomic mass is 9.99. The first-order valence-electron chi connectivity index (χ1n) is 6.76. The van der Waals surface area contributed by atoms with Crippen molar-refractivity contribution >= 4 is 0 Å². The van der Waals surface area contributed by atoms with E-state index in [0.29, 0.717) is 17.9 Å². The highest BCUT2D eigenvalue weighted by Gasteiger charge is 2.08. The molecule has 0 aromatic heterocycles. The summed E-state index contributed by atoms with van der Waals surface area (Å²) in [6, 6.07) is 11.6. The Bertz CT molecular complexity index is 573. The van der Waals surface area contributed by atoms with E-state index in [2.05, 4.69) is 0 Å². The van der Waals surface area contributed by atoms with Crippen LogP contribution in [0.3, 0.4) is 0 Å². The van der Waals surface area contributed by atoms with Crippen LogP contribution in [0.15, 0.2) is 36.4 Å². The van der Waals surface area contributed by atoms with Crippen molar-refractivity contribution in [3.8, 4) is 11.5 Å². The molecule has 0 spiro atoms. The molecule has 0 amide bonds. The number of para-hydroxylation sites is 1. The van der Waals surface area contributed by atoms with Crippen molar-refractivity contribution in [3.63, 3.8) is 0 Å². The van der Waals surface area contributed by atoms with Gasteiger partial charge in [0.1, 0.15) is 11.5 Å². The summed E-state index contributed by atoms with van der Waals surface area (Å²) in [6.45, 7) is 4.05. The average molecular weight is 256 g/mol. The van der Waals surface area contributed by atoms with E-state index in [1.807, 2.05) is 44.2 Å². The van der Waals surface area contributed by atoms with Crippen LogP contribution < -0.4 is 0 Å². The number of hydrogen-bond donors (Lipinski definition) is 2. The number of phenolic OH excluding ortho intramolecular Hbond substituents is 2. The Morgan fingerprint density at radius 2 is 1.53 bits per heavy atom. The second-order valence-electron chi connectivity index (χ2n) is 4.77. The maximum Gasteiger partial charge on any atom is 0.122 e. The molecule has 0 aliphatic rings. The van der Waals surface area contributed by atoms with Crippen LogP contribution in [-0.2, 0) is 19.3 Å². The molecule has 2 heteroatoms. The van der Waals surface area contributed by atoms with Crippen molar-refractivity contribution in [2.24, 2.45) is 0 Å². The summed E-state index contributed by atoms with van der Waals surface area (Å²) < 4.78 is 0. The minimum absolute atomic E-state index is 0.339. The van der Waals surface area contributed by atoms with Gasteiger partial charge in [-0.3, -0.25) is 0 Å². The number of aromatic hydroxyl groups is 2. The maximum atomic E-state index is 10.2. The molecular weight excluding hydrogens is 236 g/mol. The predicted molar refractivity (Wildman–Crippen MR) is 77.8 cm³/mol. The van der Waals surface area contributed by atoms with Gasteiger partial charge >= 0.3 is 0 Å². The van der Waals surface area contributed by atoms with E-state index in [9.17, 15) is 10.2 Å². The second kappa shape index (κ2) is 5.79. The highest BCUT2D eigenvalue weighted by molar-refractivity contribution is 5.45. The van der Waals surface area contributed by atoms with Crippen LogP contribution >= 0.6 is 0 Å². The zero-order valence-corrected chi connectivity index (χ0v) is 11.5. The van der Waals surface area contributed by atoms with Gasteiger partial charge in [0.05, 0.1) is 0 Å². The molecule has 0 saturated carbocycles. The van der Waals surface area contributed by atoms with E-state index in [0.717, 1.165) is 35.1 Å². The number of phenols is 2. The molecular formula is C17H20O2. The van der Waals surface area contributed by atoms with Gasteiger partial charge in [-0.1, -0.05) is 44.2 Å². The number of hydrogen-bond acceptors (Lipinski definition) is 2. The smallest absolute Gasteiger partial charge is 0.122 e. The van der Waals surface area contributed by atoms with Crippen LogP contribution in [-0.4, -0.2) is 10.2 Å². The molecule has 0 fully saturated rings. The standard InChI is InChI=1S/C17H20O2/c1-3-13-9-8-12(11-16(13)18)10-15-7-5-6-14(4-2)17(15)19/h5-9,11,18-19H,3-4,10H2,1-2H3. The first-order valence-corrected chi connectivity index (χ1v) is 6.76. The summed E-state index contributed by atoms with van der Waals surface area (Å²) >= 11 is 0. The van der Waals surface area contributed by atoms with E-state index in [4.69, 9.17) is 0 Å². The van der Waals surface area contributed by atoms with Crippen LogP contribution in [0.4, 0.5) is 0 Å². The Morgan fingerprint density at radius 3 is 2.16 bits per heavy atom. The quantitative estimate of drug-likeness (QED) is 0.873. The van der Waals surface area contributed by atoms with Crippen LogP contribution in [0.5, 0.6) is 11.5 Å². The lowest BCUT2D eigenvalue weighted by Crippen LogP contribution is -1.93. The Balaban J connectivity index is 2.29. The molecule has 0 atom stereocenters. The number of aryl methyl sites for hydroxylation is 2. The topological polar surface area (TPSA) is 40.5 Å². The van der Waals surface area contributed by atoms with E-state index in [-0.39, 0.29) is 0 Å². The second-order valence-corrected chi connectivity index (χ2v) is 4.77. The van der Waals surface area contributed by atoms with Crippen molar-refractivity contribution in [3.05, 3.63) is 58.7 Å². The van der Waals surface area contributed by atoms with Crippen molar-refractivity contribution in [1.29, 1.82) is 0 Å². The summed E-state index contributed by atoms with van der Waals surface area (Å²) in [6.07, 6.45) is 2.28. The molecule has 2 aromatic rings. The Labute approximate surface area is 114 Å². The summed E-state index contributed by atoms with van der Waals surface area (Å²) in [7, 11) is 0. The molecule has 0 saturated heterocycles. The van der Waals surface area contributed by atoms with E-state index in [1.165, 1.54) is 0 Å². The van der Waals surface area contributed by atoms with E-state index < -0.39 is 0 Å². The zero-order valence-electron chi connectivity index (χ0n) is 11.5. The molecule has 19 heavy (non-hydrogen) atoms. The highest BCUT2D eigenvalue weighted by Crippen LogP contribution is 2.27. The maximum absolute atomic E-state index is 10.2. The molecule has 0 unspecified atom stereocenters. The Kier molecular flexibility index (Phi) is 4.10. The summed E-state index contributed by atoms with van der Waals surface area (Å²) in [4.78, 5) is 0. The SMILES string of the molecule is CCc1ccc(Cc2cccc(CC)c2O)cc1O. The number of benzene rings is 2. The first kappa shape index (κ1) is 13.5. The van der Waals surface area contributed by atoms with Crippen LogP contribution in [0.2, 0.25) is 0 Å². The molecule has 2 aromatic carbocycles. The molecule has 0 aliphatic carbocycles. The average Bonchev–Trinajstić information content (AvgIpc) is 2.41. The molecule has 0 aliphatic heterocycles. The van der Waals surface area contributed by atoms with Gasteiger partial charge in [-0.2, -0.15) is 0 Å². The lowest BCUT2D eigenvalue weighted by molar-refractivity contribution is 0.461. The molecule has 100 valence electrons. The molecule has 2 rings (SSSR count). The first-order chi connectivity index (χ1) is 9.15. The van der Waals surface area contributed by atoms with Crippen molar-refractivity contribution in [1.82, 2.24) is 0 Å². The van der Waals surface area contributed by atoms with Crippen LogP contribution in [0, 0.1) is 0 Å². The minimum Gasteiger partial charge on any atom is -0.508 e. The Hall–Kier alpha value is -1.96. The molecule has 0 bridgehead atoms. The summed E-state index contributed by atoms with van der Waals surface area (Å²) in [5.41, 5.74) is 3.84. The molecule has 2 nitrogen and oxygen atoms in total. The summed E-state index contributed by atoms with van der Waals surface area (Å²) in [5.74, 6) is 0.718. The molecule has 0 heterocycles. The zero-order chi connectivity index (χ0) is 13.8. The lowest BCUT2D eigenvalue weighted by Gasteiger charge is -2.10. The third-order valence-electron chi connectivity index (χ3n) is 3.51. The van der Waals surface area contributed by atoms with Crippen LogP contribution in [0.25, 0.3) is 0 Å². The van der Waals surface area contributed by atoms with Crippen molar-refractivity contribution < 1.29 is 10.2 Å². The normalized spacial score (nSPS) is 10.6. The predicted octanol–water partition coefficient (Wildman–Crippen LogP) is 3.81. The van der Waals surface area contributed by atoms with Crippen LogP contribution in [0.1, 0.15) is 36.1 Å². The summed E-state index contributed by atoms with van der Waals surface area (Å²) in [5, 5.41) is 20.0. The van der Waals surface area contributed by atoms with Gasteiger partial charge in [-0.25, -0.2) is 0 Å². The fourth-order valence-corrected chi connectivity index (χ4v) is 2.31. The Morgan fingerprint density at radius 1 is 0.842 bits per heavy atom. The third kappa shape index (κ3) is 2.90. The number of rotatable bonds is 4. The van der Waals surface area contributed by atoms with Gasteiger partial charge in [0.2, 0.25) is 0 Å². The highest BCUT2D eigenvalue weighted by atomic mass is 16.3. The molecule has 0 radical (unpaired) electrons. The third-order valence-corrected chi connectivity index (χ3v) is 3.51. The monoisotopic (exact) mass is 256 g/mol. The van der Waals surface area contributed by atoms with Crippen molar-refractivity contribution in [2.75, 3.05) is 0 Å². The van der Waals surface area contributed by atoms with Gasteiger partial charge in [-0.15, -0.1) is 0 Å². The van der Waals surface area contributed by atoms with Gasteiger partial charge in [0.15, 0.2) is 0 Å². The fourth-order valence-electron chi connectivity index (χ4n) is 2.31.